The Bertz CT molecular complexity index is 207. The van der Waals surface area contributed by atoms with E-state index in [1.165, 1.54) is 0 Å². The number of nitrogens with one attached hydrogen (secondary N) is 1. The number of carbonyl (C=O) groups is 2. The van der Waals surface area contributed by atoms with E-state index in [-0.39, 0.29) is 19.1 Å². The predicted octanol–water partition coefficient (Wildman–Crippen LogP) is -0.244. The van der Waals surface area contributed by atoms with Gasteiger partial charge < -0.3 is 20.3 Å². The molecule has 0 fully saturated rings. The highest BCUT2D eigenvalue weighted by Gasteiger charge is 2.02. The lowest BCUT2D eigenvalue weighted by Crippen LogP contribution is -2.29. The van der Waals surface area contributed by atoms with E-state index in [1.54, 1.807) is 0 Å². The van der Waals surface area contributed by atoms with Crippen LogP contribution in [0.3, 0.4) is 0 Å². The number of ether oxygens (including phenoxy) is 1. The molecule has 0 bridgehead atoms. The molecule has 0 aliphatic heterocycles. The van der Waals surface area contributed by atoms with E-state index in [2.05, 4.69) is 10.1 Å². The van der Waals surface area contributed by atoms with Crippen LogP contribution in [-0.2, 0) is 14.3 Å². The fourth-order valence-electron chi connectivity index (χ4n) is 1.10. The molecule has 0 atom stereocenters. The van der Waals surface area contributed by atoms with Gasteiger partial charge in [0.1, 0.15) is 13.2 Å². The van der Waals surface area contributed by atoms with Gasteiger partial charge >= 0.3 is 5.97 Å². The van der Waals surface area contributed by atoms with Crippen LogP contribution in [0.15, 0.2) is 0 Å². The zero-order valence-corrected chi connectivity index (χ0v) is 9.28. The Balaban J connectivity index is 3.20. The third-order valence-corrected chi connectivity index (χ3v) is 1.87. The second-order valence-corrected chi connectivity index (χ2v) is 3.37. The standard InChI is InChI=1S/C10H19NO5/c12-6-4-2-1-3-5-11-9(13)7-16-8-10(14)15/h12H,1-8H2,(H,11,13)(H,14,15). The molecule has 0 aliphatic rings. The van der Waals surface area contributed by atoms with Crippen molar-refractivity contribution >= 4 is 11.9 Å². The first kappa shape index (κ1) is 14.9. The third kappa shape index (κ3) is 10.9. The minimum Gasteiger partial charge on any atom is -0.480 e. The summed E-state index contributed by atoms with van der Waals surface area (Å²) in [5.41, 5.74) is 0. The zero-order chi connectivity index (χ0) is 12.2. The molecule has 6 heteroatoms. The molecular weight excluding hydrogens is 214 g/mol. The largest absolute Gasteiger partial charge is 0.480 e. The maximum absolute atomic E-state index is 11.0. The number of carboxylic acids is 1. The van der Waals surface area contributed by atoms with Crippen molar-refractivity contribution in [3.8, 4) is 0 Å². The number of aliphatic hydroxyl groups is 1. The van der Waals surface area contributed by atoms with Crippen LogP contribution < -0.4 is 5.32 Å². The lowest BCUT2D eigenvalue weighted by atomic mass is 10.2. The summed E-state index contributed by atoms with van der Waals surface area (Å²) >= 11 is 0. The summed E-state index contributed by atoms with van der Waals surface area (Å²) in [6, 6.07) is 0. The highest BCUT2D eigenvalue weighted by Crippen LogP contribution is 1.97. The van der Waals surface area contributed by atoms with Gasteiger partial charge in [0.15, 0.2) is 0 Å². The highest BCUT2D eigenvalue weighted by atomic mass is 16.5. The number of aliphatic hydroxyl groups excluding tert-OH is 1. The SMILES string of the molecule is O=C(O)COCC(=O)NCCCCCCO. The van der Waals surface area contributed by atoms with Gasteiger partial charge in [-0.05, 0) is 12.8 Å². The van der Waals surface area contributed by atoms with Crippen molar-refractivity contribution in [2.45, 2.75) is 25.7 Å². The van der Waals surface area contributed by atoms with Crippen molar-refractivity contribution in [3.63, 3.8) is 0 Å². The van der Waals surface area contributed by atoms with Crippen LogP contribution in [0.2, 0.25) is 0 Å². The van der Waals surface area contributed by atoms with E-state index in [4.69, 9.17) is 10.2 Å². The molecule has 1 amide bonds. The molecule has 0 radical (unpaired) electrons. The topological polar surface area (TPSA) is 95.9 Å². The monoisotopic (exact) mass is 233 g/mol. The number of amides is 1. The molecule has 0 aromatic rings. The number of hydrogen-bond acceptors (Lipinski definition) is 4. The summed E-state index contributed by atoms with van der Waals surface area (Å²) in [4.78, 5) is 21.1. The van der Waals surface area contributed by atoms with Crippen LogP contribution in [0.25, 0.3) is 0 Å². The maximum atomic E-state index is 11.0. The fourth-order valence-corrected chi connectivity index (χ4v) is 1.10. The predicted molar refractivity (Wildman–Crippen MR) is 57.0 cm³/mol. The average Bonchev–Trinajstić information content (AvgIpc) is 2.22. The van der Waals surface area contributed by atoms with Gasteiger partial charge in [-0.2, -0.15) is 0 Å². The van der Waals surface area contributed by atoms with E-state index < -0.39 is 12.6 Å². The molecule has 6 nitrogen and oxygen atoms in total. The molecule has 0 saturated heterocycles. The van der Waals surface area contributed by atoms with Gasteiger partial charge in [-0.25, -0.2) is 4.79 Å². The van der Waals surface area contributed by atoms with Crippen LogP contribution in [0.4, 0.5) is 0 Å². The molecule has 0 saturated carbocycles. The molecule has 0 aromatic carbocycles. The van der Waals surface area contributed by atoms with Crippen molar-refractivity contribution in [2.24, 2.45) is 0 Å². The quantitative estimate of drug-likeness (QED) is 0.452. The van der Waals surface area contributed by atoms with Crippen molar-refractivity contribution in [1.82, 2.24) is 5.32 Å². The normalized spacial score (nSPS) is 10.1. The smallest absolute Gasteiger partial charge is 0.329 e. The molecule has 0 unspecified atom stereocenters. The summed E-state index contributed by atoms with van der Waals surface area (Å²) in [5.74, 6) is -1.39. The summed E-state index contributed by atoms with van der Waals surface area (Å²) < 4.78 is 4.61. The van der Waals surface area contributed by atoms with E-state index >= 15 is 0 Å². The number of carboxylic acid groups (broad SMARTS) is 1. The van der Waals surface area contributed by atoms with Crippen molar-refractivity contribution < 1.29 is 24.5 Å². The molecule has 3 N–H and O–H groups in total. The summed E-state index contributed by atoms with van der Waals surface area (Å²) in [7, 11) is 0. The molecular formula is C10H19NO5. The van der Waals surface area contributed by atoms with Gasteiger partial charge in [-0.1, -0.05) is 12.8 Å². The number of aliphatic carboxylic acids is 1. The lowest BCUT2D eigenvalue weighted by molar-refractivity contribution is -0.143. The van der Waals surface area contributed by atoms with E-state index in [9.17, 15) is 9.59 Å². The Morgan fingerprint density at radius 2 is 1.75 bits per heavy atom. The highest BCUT2D eigenvalue weighted by molar-refractivity contribution is 5.77. The first-order valence-corrected chi connectivity index (χ1v) is 5.34. The van der Waals surface area contributed by atoms with E-state index in [0.29, 0.717) is 6.54 Å². The first-order chi connectivity index (χ1) is 7.66. The molecule has 0 aromatic heterocycles. The summed E-state index contributed by atoms with van der Waals surface area (Å²) in [5, 5.41) is 19.4. The van der Waals surface area contributed by atoms with Crippen molar-refractivity contribution in [3.05, 3.63) is 0 Å². The molecule has 0 aliphatic carbocycles. The van der Waals surface area contributed by atoms with Gasteiger partial charge in [0.25, 0.3) is 0 Å². The van der Waals surface area contributed by atoms with Gasteiger partial charge in [0.2, 0.25) is 5.91 Å². The molecule has 0 heterocycles. The van der Waals surface area contributed by atoms with Gasteiger partial charge in [-0.3, -0.25) is 4.79 Å². The van der Waals surface area contributed by atoms with Crippen LogP contribution >= 0.6 is 0 Å². The van der Waals surface area contributed by atoms with Gasteiger partial charge in [0, 0.05) is 13.2 Å². The average molecular weight is 233 g/mol. The first-order valence-electron chi connectivity index (χ1n) is 5.34. The third-order valence-electron chi connectivity index (χ3n) is 1.87. The fraction of sp³-hybridized carbons (Fsp3) is 0.800. The zero-order valence-electron chi connectivity index (χ0n) is 9.28. The summed E-state index contributed by atoms with van der Waals surface area (Å²) in [6.45, 7) is 0.0863. The van der Waals surface area contributed by atoms with Crippen LogP contribution in [0.5, 0.6) is 0 Å². The number of carbonyl (C=O) groups excluding carboxylic acids is 1. The number of rotatable bonds is 10. The molecule has 0 rings (SSSR count). The Kier molecular flexibility index (Phi) is 9.64. The van der Waals surface area contributed by atoms with E-state index in [1.807, 2.05) is 0 Å². The Hall–Kier alpha value is -1.14. The Labute approximate surface area is 94.6 Å². The lowest BCUT2D eigenvalue weighted by Gasteiger charge is -2.04. The second-order valence-electron chi connectivity index (χ2n) is 3.37. The van der Waals surface area contributed by atoms with Gasteiger partial charge in [-0.15, -0.1) is 0 Å². The number of unbranched alkanes of at least 4 members (excludes halogenated alkanes) is 3. The minimum absolute atomic E-state index is 0.204. The van der Waals surface area contributed by atoms with E-state index in [0.717, 1.165) is 25.7 Å². The molecule has 16 heavy (non-hydrogen) atoms. The van der Waals surface area contributed by atoms with Crippen molar-refractivity contribution in [1.29, 1.82) is 0 Å². The van der Waals surface area contributed by atoms with Crippen LogP contribution in [-0.4, -0.2) is 48.5 Å². The van der Waals surface area contributed by atoms with Crippen LogP contribution in [0.1, 0.15) is 25.7 Å². The Morgan fingerprint density at radius 1 is 1.06 bits per heavy atom. The number of hydrogen-bond donors (Lipinski definition) is 3. The summed E-state index contributed by atoms with van der Waals surface area (Å²) in [6.07, 6.45) is 3.54. The minimum atomic E-state index is -1.09. The molecule has 94 valence electrons. The van der Waals surface area contributed by atoms with Crippen LogP contribution in [0, 0.1) is 0 Å². The second kappa shape index (κ2) is 10.4. The Morgan fingerprint density at radius 3 is 2.38 bits per heavy atom. The van der Waals surface area contributed by atoms with Crippen molar-refractivity contribution in [2.75, 3.05) is 26.4 Å². The molecule has 0 spiro atoms. The maximum Gasteiger partial charge on any atom is 0.329 e. The van der Waals surface area contributed by atoms with Gasteiger partial charge in [0.05, 0.1) is 0 Å².